The molecule has 2 atom stereocenters. The molecule has 0 radical (unpaired) electrons. The molecule has 0 aromatic heterocycles. The van der Waals surface area contributed by atoms with Gasteiger partial charge < -0.3 is 0 Å². The van der Waals surface area contributed by atoms with E-state index in [1.807, 2.05) is 37.3 Å². The second-order valence-electron chi connectivity index (χ2n) is 6.08. The van der Waals surface area contributed by atoms with E-state index >= 15 is 0 Å². The quantitative estimate of drug-likeness (QED) is 0.661. The zero-order chi connectivity index (χ0) is 16.2. The molecule has 2 aromatic rings. The fraction of sp³-hybridized carbons (Fsp3) is 0.300. The number of carbonyl (C=O) groups is 1. The van der Waals surface area contributed by atoms with E-state index in [0.29, 0.717) is 5.92 Å². The van der Waals surface area contributed by atoms with Crippen LogP contribution in [0.15, 0.2) is 59.7 Å². The van der Waals surface area contributed by atoms with Gasteiger partial charge in [0.2, 0.25) is 5.91 Å². The molecule has 1 N–H and O–H groups in total. The predicted octanol–water partition coefficient (Wildman–Crippen LogP) is 3.89. The summed E-state index contributed by atoms with van der Waals surface area (Å²) in [5.41, 5.74) is 7.13. The number of hydrazone groups is 1. The molecule has 0 saturated heterocycles. The molecule has 3 rings (SSSR count). The van der Waals surface area contributed by atoms with Crippen molar-refractivity contribution < 1.29 is 4.79 Å². The Labute approximate surface area is 137 Å². The molecular formula is C20H22N2O. The molecule has 0 bridgehead atoms. The van der Waals surface area contributed by atoms with Crippen LogP contribution < -0.4 is 5.43 Å². The first-order valence-corrected chi connectivity index (χ1v) is 8.17. The molecule has 1 saturated carbocycles. The van der Waals surface area contributed by atoms with E-state index in [1.165, 1.54) is 11.1 Å². The Morgan fingerprint density at radius 1 is 1.13 bits per heavy atom. The standard InChI is InChI=1S/C20H22N2O/c1-3-15-9-11-16(12-10-15)14(2)21-22-20(23)19-13-18(19)17-7-5-4-6-8-17/h4-12,18-19H,3,13H2,1-2H3,(H,22,23)/b21-14+/t18-,19+/m1/s1. The van der Waals surface area contributed by atoms with Crippen LogP contribution in [0.4, 0.5) is 0 Å². The highest BCUT2D eigenvalue weighted by atomic mass is 16.2. The second kappa shape index (κ2) is 6.78. The number of hydrogen-bond acceptors (Lipinski definition) is 2. The monoisotopic (exact) mass is 306 g/mol. The van der Waals surface area contributed by atoms with Gasteiger partial charge in [0.05, 0.1) is 5.71 Å². The van der Waals surface area contributed by atoms with E-state index in [1.54, 1.807) is 0 Å². The number of amides is 1. The summed E-state index contributed by atoms with van der Waals surface area (Å²) in [6, 6.07) is 18.5. The van der Waals surface area contributed by atoms with Crippen LogP contribution in [0.3, 0.4) is 0 Å². The minimum absolute atomic E-state index is 0.0170. The maximum atomic E-state index is 12.2. The Bertz CT molecular complexity index is 704. The van der Waals surface area contributed by atoms with Gasteiger partial charge in [-0.05, 0) is 42.4 Å². The van der Waals surface area contributed by atoms with Crippen molar-refractivity contribution in [1.29, 1.82) is 0 Å². The van der Waals surface area contributed by atoms with Crippen LogP contribution in [0.5, 0.6) is 0 Å². The summed E-state index contributed by atoms with van der Waals surface area (Å²) in [5.74, 6) is 0.412. The summed E-state index contributed by atoms with van der Waals surface area (Å²) < 4.78 is 0. The van der Waals surface area contributed by atoms with Crippen LogP contribution in [0.25, 0.3) is 0 Å². The molecule has 0 heterocycles. The van der Waals surface area contributed by atoms with Crippen molar-refractivity contribution >= 4 is 11.6 Å². The lowest BCUT2D eigenvalue weighted by Crippen LogP contribution is -2.21. The Hall–Kier alpha value is -2.42. The molecule has 0 aliphatic heterocycles. The van der Waals surface area contributed by atoms with Gasteiger partial charge in [-0.1, -0.05) is 61.5 Å². The molecule has 1 fully saturated rings. The van der Waals surface area contributed by atoms with E-state index in [0.717, 1.165) is 24.1 Å². The van der Waals surface area contributed by atoms with E-state index in [9.17, 15) is 4.79 Å². The first kappa shape index (κ1) is 15.5. The average molecular weight is 306 g/mol. The largest absolute Gasteiger partial charge is 0.273 e. The van der Waals surface area contributed by atoms with Crippen molar-refractivity contribution in [3.8, 4) is 0 Å². The van der Waals surface area contributed by atoms with Crippen molar-refractivity contribution in [3.63, 3.8) is 0 Å². The summed E-state index contributed by atoms with van der Waals surface area (Å²) in [4.78, 5) is 12.2. The maximum absolute atomic E-state index is 12.2. The van der Waals surface area contributed by atoms with Gasteiger partial charge in [-0.15, -0.1) is 0 Å². The first-order chi connectivity index (χ1) is 11.2. The van der Waals surface area contributed by atoms with Crippen molar-refractivity contribution in [2.75, 3.05) is 0 Å². The van der Waals surface area contributed by atoms with E-state index < -0.39 is 0 Å². The van der Waals surface area contributed by atoms with Crippen molar-refractivity contribution in [2.24, 2.45) is 11.0 Å². The summed E-state index contributed by atoms with van der Waals surface area (Å²) in [6.45, 7) is 4.05. The second-order valence-corrected chi connectivity index (χ2v) is 6.08. The lowest BCUT2D eigenvalue weighted by Gasteiger charge is -2.04. The fourth-order valence-corrected chi connectivity index (χ4v) is 2.82. The third-order valence-corrected chi connectivity index (χ3v) is 4.47. The van der Waals surface area contributed by atoms with Crippen molar-refractivity contribution in [1.82, 2.24) is 5.43 Å². The van der Waals surface area contributed by atoms with Crippen molar-refractivity contribution in [2.45, 2.75) is 32.6 Å². The van der Waals surface area contributed by atoms with Gasteiger partial charge in [-0.25, -0.2) is 5.43 Å². The molecule has 3 nitrogen and oxygen atoms in total. The zero-order valence-electron chi connectivity index (χ0n) is 13.6. The van der Waals surface area contributed by atoms with Crippen LogP contribution in [0.2, 0.25) is 0 Å². The maximum Gasteiger partial charge on any atom is 0.243 e. The van der Waals surface area contributed by atoms with Gasteiger partial charge in [-0.2, -0.15) is 5.10 Å². The highest BCUT2D eigenvalue weighted by Crippen LogP contribution is 2.47. The Kier molecular flexibility index (Phi) is 4.56. The van der Waals surface area contributed by atoms with E-state index in [2.05, 4.69) is 41.7 Å². The van der Waals surface area contributed by atoms with Crippen LogP contribution in [0.1, 0.15) is 42.9 Å². The smallest absolute Gasteiger partial charge is 0.243 e. The molecule has 1 amide bonds. The van der Waals surface area contributed by atoms with Crippen molar-refractivity contribution in [3.05, 3.63) is 71.3 Å². The van der Waals surface area contributed by atoms with Gasteiger partial charge in [0, 0.05) is 5.92 Å². The Morgan fingerprint density at radius 3 is 2.48 bits per heavy atom. The zero-order valence-corrected chi connectivity index (χ0v) is 13.6. The molecular weight excluding hydrogens is 284 g/mol. The number of nitrogens with one attached hydrogen (secondary N) is 1. The van der Waals surface area contributed by atoms with Crippen LogP contribution in [-0.2, 0) is 11.2 Å². The molecule has 0 spiro atoms. The topological polar surface area (TPSA) is 41.5 Å². The highest BCUT2D eigenvalue weighted by Gasteiger charge is 2.43. The van der Waals surface area contributed by atoms with Crippen LogP contribution in [0, 0.1) is 5.92 Å². The number of aryl methyl sites for hydroxylation is 1. The molecule has 1 aliphatic rings. The summed E-state index contributed by atoms with van der Waals surface area (Å²) in [5, 5.41) is 4.26. The molecule has 23 heavy (non-hydrogen) atoms. The molecule has 118 valence electrons. The number of hydrogen-bond donors (Lipinski definition) is 1. The lowest BCUT2D eigenvalue weighted by atomic mass is 10.1. The van der Waals surface area contributed by atoms with E-state index in [-0.39, 0.29) is 11.8 Å². The average Bonchev–Trinajstić information content (AvgIpc) is 3.41. The molecule has 2 aromatic carbocycles. The lowest BCUT2D eigenvalue weighted by molar-refractivity contribution is -0.122. The number of rotatable bonds is 5. The summed E-state index contributed by atoms with van der Waals surface area (Å²) in [7, 11) is 0. The van der Waals surface area contributed by atoms with Crippen LogP contribution in [-0.4, -0.2) is 11.6 Å². The molecule has 3 heteroatoms. The van der Waals surface area contributed by atoms with Gasteiger partial charge in [0.15, 0.2) is 0 Å². The summed E-state index contributed by atoms with van der Waals surface area (Å²) in [6.07, 6.45) is 1.94. The number of carbonyl (C=O) groups excluding carboxylic acids is 1. The Balaban J connectivity index is 1.58. The minimum atomic E-state index is 0.0170. The highest BCUT2D eigenvalue weighted by molar-refractivity contribution is 5.99. The molecule has 1 aliphatic carbocycles. The SMILES string of the molecule is CCc1ccc(/C(C)=N/NC(=O)[C@H]2C[C@@H]2c2ccccc2)cc1. The third-order valence-electron chi connectivity index (χ3n) is 4.47. The minimum Gasteiger partial charge on any atom is -0.273 e. The summed E-state index contributed by atoms with van der Waals surface area (Å²) >= 11 is 0. The van der Waals surface area contributed by atoms with E-state index in [4.69, 9.17) is 0 Å². The third kappa shape index (κ3) is 3.67. The normalized spacial score (nSPS) is 20.2. The Morgan fingerprint density at radius 2 is 1.83 bits per heavy atom. The number of benzene rings is 2. The van der Waals surface area contributed by atoms with Gasteiger partial charge in [0.25, 0.3) is 0 Å². The van der Waals surface area contributed by atoms with Crippen LogP contribution >= 0.6 is 0 Å². The van der Waals surface area contributed by atoms with Gasteiger partial charge >= 0.3 is 0 Å². The fourth-order valence-electron chi connectivity index (χ4n) is 2.82. The number of nitrogens with zero attached hydrogens (tertiary/aromatic N) is 1. The van der Waals surface area contributed by atoms with Gasteiger partial charge in [0.1, 0.15) is 0 Å². The molecule has 0 unspecified atom stereocenters. The first-order valence-electron chi connectivity index (χ1n) is 8.17. The van der Waals surface area contributed by atoms with Gasteiger partial charge in [-0.3, -0.25) is 4.79 Å². The predicted molar refractivity (Wildman–Crippen MR) is 93.5 cm³/mol.